The Balaban J connectivity index is 0. The first-order valence-corrected chi connectivity index (χ1v) is 3.04. The van der Waals surface area contributed by atoms with Gasteiger partial charge in [-0.25, -0.2) is 4.18 Å². The first kappa shape index (κ1) is 11.3. The Labute approximate surface area is 60.4 Å². The van der Waals surface area contributed by atoms with Crippen molar-refractivity contribution in [3.05, 3.63) is 0 Å². The van der Waals surface area contributed by atoms with E-state index in [4.69, 9.17) is 4.55 Å². The third-order valence-corrected chi connectivity index (χ3v) is 0.800. The molecule has 0 fully saturated rings. The van der Waals surface area contributed by atoms with E-state index in [1.807, 2.05) is 0 Å². The van der Waals surface area contributed by atoms with E-state index in [2.05, 4.69) is 4.18 Å². The van der Waals surface area contributed by atoms with Crippen LogP contribution in [0.4, 0.5) is 0 Å². The molecule has 0 aromatic carbocycles. The van der Waals surface area contributed by atoms with Gasteiger partial charge in [0, 0.05) is 0 Å². The van der Waals surface area contributed by atoms with Crippen molar-refractivity contribution in [3.63, 3.8) is 0 Å². The molecule has 0 saturated heterocycles. The molecule has 0 aromatic heterocycles. The van der Waals surface area contributed by atoms with Crippen molar-refractivity contribution in [2.45, 2.75) is 6.92 Å². The molecule has 46 valence electrons. The number of hydrogen-bond acceptors (Lipinski definition) is 3. The Kier molecular flexibility index (Phi) is 6.15. The van der Waals surface area contributed by atoms with E-state index in [9.17, 15) is 8.42 Å². The fraction of sp³-hybridized carbons (Fsp3) is 1.00. The summed E-state index contributed by atoms with van der Waals surface area (Å²) in [6.45, 7) is 1.44. The van der Waals surface area contributed by atoms with Crippen molar-refractivity contribution in [1.29, 1.82) is 0 Å². The van der Waals surface area contributed by atoms with Gasteiger partial charge in [0.25, 0.3) is 0 Å². The van der Waals surface area contributed by atoms with E-state index in [-0.39, 0.29) is 25.5 Å². The van der Waals surface area contributed by atoms with E-state index in [1.54, 1.807) is 0 Å². The fourth-order valence-electron chi connectivity index (χ4n) is 0.149. The fourth-order valence-corrected chi connectivity index (χ4v) is 0.447. The summed E-state index contributed by atoms with van der Waals surface area (Å²) in [7, 11) is -4.17. The van der Waals surface area contributed by atoms with Crippen molar-refractivity contribution in [3.8, 4) is 0 Å². The molecule has 0 amide bonds. The number of rotatable bonds is 2. The summed E-state index contributed by atoms with van der Waals surface area (Å²) in [5.74, 6) is 0. The third-order valence-electron chi connectivity index (χ3n) is 0.267. The van der Waals surface area contributed by atoms with Gasteiger partial charge in [0.2, 0.25) is 0 Å². The molecule has 0 aromatic rings. The van der Waals surface area contributed by atoms with Crippen molar-refractivity contribution < 1.29 is 17.2 Å². The van der Waals surface area contributed by atoms with Crippen LogP contribution in [0.15, 0.2) is 0 Å². The first-order valence-electron chi connectivity index (χ1n) is 1.68. The Bertz CT molecular complexity index is 127. The standard InChI is InChI=1S/C2H6O4S.Li.H/c1-2-6-7(3,4)5;;/h2H2,1H3,(H,3,4,5);;. The summed E-state index contributed by atoms with van der Waals surface area (Å²) in [6.07, 6.45) is 0. The van der Waals surface area contributed by atoms with Crippen LogP contribution in [-0.4, -0.2) is 38.4 Å². The quantitative estimate of drug-likeness (QED) is 0.395. The SMILES string of the molecule is CCOS(=O)(=O)O.[LiH]. The molecule has 0 unspecified atom stereocenters. The second kappa shape index (κ2) is 4.36. The zero-order chi connectivity index (χ0) is 5.91. The Hall–Kier alpha value is 0.467. The molecule has 0 radical (unpaired) electrons. The first-order chi connectivity index (χ1) is 3.06. The molecule has 0 rings (SSSR count). The average molecular weight is 134 g/mol. The zero-order valence-electron chi connectivity index (χ0n) is 3.79. The molecule has 0 saturated carbocycles. The Morgan fingerprint density at radius 2 is 2.00 bits per heavy atom. The zero-order valence-corrected chi connectivity index (χ0v) is 4.60. The molecule has 0 aliphatic carbocycles. The van der Waals surface area contributed by atoms with Crippen molar-refractivity contribution >= 4 is 29.3 Å². The van der Waals surface area contributed by atoms with Gasteiger partial charge in [0.05, 0.1) is 6.61 Å². The van der Waals surface area contributed by atoms with Crippen LogP contribution in [0, 0.1) is 0 Å². The molecule has 1 N–H and O–H groups in total. The molecule has 0 bridgehead atoms. The average Bonchev–Trinajstić information content (AvgIpc) is 1.30. The minimum absolute atomic E-state index is 0. The Morgan fingerprint density at radius 1 is 1.62 bits per heavy atom. The summed E-state index contributed by atoms with van der Waals surface area (Å²) in [4.78, 5) is 0. The van der Waals surface area contributed by atoms with Gasteiger partial charge in [0.1, 0.15) is 0 Å². The Morgan fingerprint density at radius 3 is 2.00 bits per heavy atom. The van der Waals surface area contributed by atoms with Crippen LogP contribution >= 0.6 is 0 Å². The molecule has 0 spiro atoms. The van der Waals surface area contributed by atoms with E-state index in [1.165, 1.54) is 6.92 Å². The summed E-state index contributed by atoms with van der Waals surface area (Å²) in [6, 6.07) is 0. The van der Waals surface area contributed by atoms with E-state index < -0.39 is 10.4 Å². The van der Waals surface area contributed by atoms with Crippen LogP contribution in [0.25, 0.3) is 0 Å². The van der Waals surface area contributed by atoms with Crippen LogP contribution in [0.2, 0.25) is 0 Å². The monoisotopic (exact) mass is 134 g/mol. The van der Waals surface area contributed by atoms with Crippen LogP contribution < -0.4 is 0 Å². The molecular formula is C2H7LiO4S. The van der Waals surface area contributed by atoms with Gasteiger partial charge < -0.3 is 0 Å². The maximum absolute atomic E-state index is 9.56. The maximum atomic E-state index is 9.56. The van der Waals surface area contributed by atoms with Crippen LogP contribution in [0.5, 0.6) is 0 Å². The molecular weight excluding hydrogens is 127 g/mol. The third kappa shape index (κ3) is 9.69. The minimum atomic E-state index is -4.17. The molecule has 0 aliphatic heterocycles. The molecule has 0 atom stereocenters. The van der Waals surface area contributed by atoms with Crippen molar-refractivity contribution in [1.82, 2.24) is 0 Å². The molecule has 4 nitrogen and oxygen atoms in total. The summed E-state index contributed by atoms with van der Waals surface area (Å²) in [5, 5.41) is 0. The van der Waals surface area contributed by atoms with Gasteiger partial charge in [-0.2, -0.15) is 8.42 Å². The summed E-state index contributed by atoms with van der Waals surface area (Å²) < 4.78 is 30.7. The number of hydrogen-bond donors (Lipinski definition) is 1. The second-order valence-corrected chi connectivity index (χ2v) is 1.93. The van der Waals surface area contributed by atoms with Crippen LogP contribution in [-0.2, 0) is 14.6 Å². The van der Waals surface area contributed by atoms with Crippen LogP contribution in [0.1, 0.15) is 6.92 Å². The molecule has 0 heterocycles. The van der Waals surface area contributed by atoms with Gasteiger partial charge in [0.15, 0.2) is 0 Å². The molecule has 8 heavy (non-hydrogen) atoms. The normalized spacial score (nSPS) is 10.2. The van der Waals surface area contributed by atoms with E-state index in [0.717, 1.165) is 0 Å². The van der Waals surface area contributed by atoms with E-state index in [0.29, 0.717) is 0 Å². The van der Waals surface area contributed by atoms with Gasteiger partial charge in [-0.3, -0.25) is 4.55 Å². The predicted octanol–water partition coefficient (Wildman–Crippen LogP) is -0.823. The molecule has 6 heteroatoms. The van der Waals surface area contributed by atoms with Gasteiger partial charge in [-0.05, 0) is 6.92 Å². The topological polar surface area (TPSA) is 63.6 Å². The summed E-state index contributed by atoms with van der Waals surface area (Å²) in [5.41, 5.74) is 0. The van der Waals surface area contributed by atoms with Gasteiger partial charge in [-0.15, -0.1) is 0 Å². The van der Waals surface area contributed by atoms with Gasteiger partial charge >= 0.3 is 29.3 Å². The van der Waals surface area contributed by atoms with Crippen LogP contribution in [0.3, 0.4) is 0 Å². The summed E-state index contributed by atoms with van der Waals surface area (Å²) >= 11 is 0. The second-order valence-electron chi connectivity index (χ2n) is 0.834. The van der Waals surface area contributed by atoms with E-state index >= 15 is 0 Å². The predicted molar refractivity (Wildman–Crippen MR) is 30.3 cm³/mol. The van der Waals surface area contributed by atoms with Crippen molar-refractivity contribution in [2.75, 3.05) is 6.61 Å². The van der Waals surface area contributed by atoms with Gasteiger partial charge in [-0.1, -0.05) is 0 Å². The van der Waals surface area contributed by atoms with Crippen molar-refractivity contribution in [2.24, 2.45) is 0 Å². The molecule has 0 aliphatic rings.